The molecule has 1 saturated heterocycles. The van der Waals surface area contributed by atoms with Crippen LogP contribution in [0.25, 0.3) is 0 Å². The number of likely N-dealkylation sites (tertiary alicyclic amines) is 1. The third-order valence-corrected chi connectivity index (χ3v) is 6.03. The minimum absolute atomic E-state index is 0.0387. The first kappa shape index (κ1) is 20.3. The van der Waals surface area contributed by atoms with Crippen LogP contribution in [-0.2, 0) is 20.8 Å². The standard InChI is InChI=1S/C20H28N4O4/c1-12(14-5-3-2-4-6-14)23-17(11-25)24-18(20(27)28)15(19(24)26)9-13-7-8-22-16(21)10-13/h7-8,10-12,14-15,17-18,23H,2-6,9H2,1H3,(H2,21,22)(H,27,28)/t12-,15-,17?,18+/m1/s1. The van der Waals surface area contributed by atoms with Gasteiger partial charge in [-0.05, 0) is 49.8 Å². The predicted molar refractivity (Wildman–Crippen MR) is 103 cm³/mol. The van der Waals surface area contributed by atoms with Crippen molar-refractivity contribution in [1.82, 2.24) is 15.2 Å². The third-order valence-electron chi connectivity index (χ3n) is 6.03. The lowest BCUT2D eigenvalue weighted by Crippen LogP contribution is -2.71. The van der Waals surface area contributed by atoms with E-state index in [-0.39, 0.29) is 18.4 Å². The second-order valence-electron chi connectivity index (χ2n) is 7.86. The van der Waals surface area contributed by atoms with Gasteiger partial charge in [0.1, 0.15) is 18.0 Å². The molecule has 3 rings (SSSR count). The van der Waals surface area contributed by atoms with E-state index in [4.69, 9.17) is 5.73 Å². The average molecular weight is 388 g/mol. The van der Waals surface area contributed by atoms with E-state index in [2.05, 4.69) is 10.3 Å². The maximum Gasteiger partial charge on any atom is 0.327 e. The SMILES string of the molecule is C[C@@H](NC(C=O)N1C(=O)[C@H](Cc2ccnc(N)c2)[C@H]1C(=O)O)C1CCCCC1. The number of hydrogen-bond donors (Lipinski definition) is 3. The summed E-state index contributed by atoms with van der Waals surface area (Å²) in [5.41, 5.74) is 6.42. The minimum atomic E-state index is -1.11. The fourth-order valence-corrected chi connectivity index (χ4v) is 4.48. The van der Waals surface area contributed by atoms with E-state index < -0.39 is 24.1 Å². The van der Waals surface area contributed by atoms with Crippen molar-refractivity contribution < 1.29 is 19.5 Å². The van der Waals surface area contributed by atoms with E-state index in [1.165, 1.54) is 30.4 Å². The van der Waals surface area contributed by atoms with Gasteiger partial charge in [-0.25, -0.2) is 9.78 Å². The van der Waals surface area contributed by atoms with Crippen LogP contribution in [-0.4, -0.2) is 51.4 Å². The number of nitrogen functional groups attached to an aromatic ring is 1. The minimum Gasteiger partial charge on any atom is -0.480 e. The van der Waals surface area contributed by atoms with Crippen LogP contribution in [0.4, 0.5) is 5.82 Å². The first-order valence-corrected chi connectivity index (χ1v) is 9.89. The Hall–Kier alpha value is -2.48. The van der Waals surface area contributed by atoms with Gasteiger partial charge in [0, 0.05) is 12.2 Å². The van der Waals surface area contributed by atoms with Gasteiger partial charge < -0.3 is 15.7 Å². The molecular weight excluding hydrogens is 360 g/mol. The number of nitrogens with one attached hydrogen (secondary N) is 1. The summed E-state index contributed by atoms with van der Waals surface area (Å²) in [6, 6.07) is 2.35. The molecule has 0 spiro atoms. The smallest absolute Gasteiger partial charge is 0.327 e. The average Bonchev–Trinajstić information content (AvgIpc) is 2.69. The fraction of sp³-hybridized carbons (Fsp3) is 0.600. The summed E-state index contributed by atoms with van der Waals surface area (Å²) in [5.74, 6) is -1.39. The van der Waals surface area contributed by atoms with Crippen molar-refractivity contribution in [3.63, 3.8) is 0 Å². The number of pyridine rings is 1. The van der Waals surface area contributed by atoms with Crippen LogP contribution in [0.15, 0.2) is 18.3 Å². The summed E-state index contributed by atoms with van der Waals surface area (Å²) >= 11 is 0. The van der Waals surface area contributed by atoms with Gasteiger partial charge in [-0.1, -0.05) is 19.3 Å². The molecule has 152 valence electrons. The van der Waals surface area contributed by atoms with Gasteiger partial charge in [0.25, 0.3) is 0 Å². The number of amides is 1. The van der Waals surface area contributed by atoms with Gasteiger partial charge in [-0.3, -0.25) is 14.9 Å². The quantitative estimate of drug-likeness (QED) is 0.451. The van der Waals surface area contributed by atoms with Gasteiger partial charge >= 0.3 is 5.97 Å². The summed E-state index contributed by atoms with van der Waals surface area (Å²) < 4.78 is 0. The number of carbonyl (C=O) groups is 3. The molecule has 1 aliphatic heterocycles. The van der Waals surface area contributed by atoms with E-state index in [9.17, 15) is 19.5 Å². The number of aldehydes is 1. The Morgan fingerprint density at radius 3 is 2.75 bits per heavy atom. The zero-order valence-electron chi connectivity index (χ0n) is 16.1. The third kappa shape index (κ3) is 4.16. The number of nitrogens with two attached hydrogens (primary N) is 1. The number of β-lactam (4-membered cyclic amide) rings is 1. The Bertz CT molecular complexity index is 735. The summed E-state index contributed by atoms with van der Waals surface area (Å²) in [5, 5.41) is 12.9. The summed E-state index contributed by atoms with van der Waals surface area (Å²) in [6.45, 7) is 2.00. The van der Waals surface area contributed by atoms with Gasteiger partial charge in [0.2, 0.25) is 5.91 Å². The number of aliphatic carboxylic acids is 1. The highest BCUT2D eigenvalue weighted by atomic mass is 16.4. The molecule has 2 aliphatic rings. The van der Waals surface area contributed by atoms with Crippen molar-refractivity contribution in [3.8, 4) is 0 Å². The molecule has 1 unspecified atom stereocenters. The summed E-state index contributed by atoms with van der Waals surface area (Å²) in [6.07, 6.45) is 7.22. The van der Waals surface area contributed by atoms with Crippen LogP contribution >= 0.6 is 0 Å². The van der Waals surface area contributed by atoms with Crippen LogP contribution in [0, 0.1) is 11.8 Å². The van der Waals surface area contributed by atoms with Crippen molar-refractivity contribution in [2.75, 3.05) is 5.73 Å². The molecule has 1 aliphatic carbocycles. The molecule has 8 nitrogen and oxygen atoms in total. The Morgan fingerprint density at radius 1 is 1.43 bits per heavy atom. The highest BCUT2D eigenvalue weighted by molar-refractivity contribution is 5.98. The first-order chi connectivity index (χ1) is 13.4. The second kappa shape index (κ2) is 8.68. The van der Waals surface area contributed by atoms with Gasteiger partial charge in [-0.15, -0.1) is 0 Å². The molecule has 4 atom stereocenters. The van der Waals surface area contributed by atoms with Crippen LogP contribution in [0.1, 0.15) is 44.6 Å². The van der Waals surface area contributed by atoms with Crippen molar-refractivity contribution in [1.29, 1.82) is 0 Å². The number of nitrogens with zero attached hydrogens (tertiary/aromatic N) is 2. The molecular formula is C20H28N4O4. The number of rotatable bonds is 8. The van der Waals surface area contributed by atoms with Crippen LogP contribution < -0.4 is 11.1 Å². The number of anilines is 1. The molecule has 2 heterocycles. The van der Waals surface area contributed by atoms with E-state index in [0.29, 0.717) is 18.0 Å². The van der Waals surface area contributed by atoms with Crippen LogP contribution in [0.5, 0.6) is 0 Å². The summed E-state index contributed by atoms with van der Waals surface area (Å²) in [4.78, 5) is 41.4. The Labute approximate surface area is 164 Å². The van der Waals surface area contributed by atoms with Crippen LogP contribution in [0.2, 0.25) is 0 Å². The monoisotopic (exact) mass is 388 g/mol. The molecule has 0 aromatic carbocycles. The molecule has 1 aromatic heterocycles. The largest absolute Gasteiger partial charge is 0.480 e. The van der Waals surface area contributed by atoms with Crippen molar-refractivity contribution in [3.05, 3.63) is 23.9 Å². The number of carbonyl (C=O) groups excluding carboxylic acids is 2. The molecule has 0 bridgehead atoms. The molecule has 1 aromatic rings. The molecule has 28 heavy (non-hydrogen) atoms. The first-order valence-electron chi connectivity index (χ1n) is 9.89. The Morgan fingerprint density at radius 2 is 2.14 bits per heavy atom. The summed E-state index contributed by atoms with van der Waals surface area (Å²) in [7, 11) is 0. The lowest BCUT2D eigenvalue weighted by atomic mass is 9.81. The number of hydrogen-bond acceptors (Lipinski definition) is 6. The number of carboxylic acid groups (broad SMARTS) is 1. The van der Waals surface area contributed by atoms with E-state index in [1.54, 1.807) is 12.1 Å². The molecule has 8 heteroatoms. The normalized spacial score (nSPS) is 25.0. The lowest BCUT2D eigenvalue weighted by Gasteiger charge is -2.48. The van der Waals surface area contributed by atoms with Crippen molar-refractivity contribution >= 4 is 24.0 Å². The Kier molecular flexibility index (Phi) is 6.28. The fourth-order valence-electron chi connectivity index (χ4n) is 4.48. The number of carboxylic acids is 1. The zero-order chi connectivity index (χ0) is 20.3. The van der Waals surface area contributed by atoms with Gasteiger partial charge in [-0.2, -0.15) is 0 Å². The molecule has 0 radical (unpaired) electrons. The predicted octanol–water partition coefficient (Wildman–Crippen LogP) is 1.20. The van der Waals surface area contributed by atoms with E-state index in [1.807, 2.05) is 6.92 Å². The van der Waals surface area contributed by atoms with Crippen LogP contribution in [0.3, 0.4) is 0 Å². The Balaban J connectivity index is 1.69. The van der Waals surface area contributed by atoms with Gasteiger partial charge in [0.05, 0.1) is 5.92 Å². The van der Waals surface area contributed by atoms with Crippen molar-refractivity contribution in [2.45, 2.75) is 63.7 Å². The molecule has 4 N–H and O–H groups in total. The molecule has 1 saturated carbocycles. The topological polar surface area (TPSA) is 126 Å². The lowest BCUT2D eigenvalue weighted by molar-refractivity contribution is -0.176. The van der Waals surface area contributed by atoms with Gasteiger partial charge in [0.15, 0.2) is 6.29 Å². The zero-order valence-corrected chi connectivity index (χ0v) is 16.1. The van der Waals surface area contributed by atoms with Crippen molar-refractivity contribution in [2.24, 2.45) is 11.8 Å². The maximum absolute atomic E-state index is 12.7. The molecule has 1 amide bonds. The van der Waals surface area contributed by atoms with E-state index >= 15 is 0 Å². The highest BCUT2D eigenvalue weighted by Crippen LogP contribution is 2.33. The second-order valence-corrected chi connectivity index (χ2v) is 7.86. The maximum atomic E-state index is 12.7. The van der Waals surface area contributed by atoms with E-state index in [0.717, 1.165) is 18.4 Å². The highest BCUT2D eigenvalue weighted by Gasteiger charge is 2.54. The number of aromatic nitrogens is 1. The molecule has 2 fully saturated rings.